The first-order valence-electron chi connectivity index (χ1n) is 11.1. The van der Waals surface area contributed by atoms with Gasteiger partial charge in [0, 0.05) is 22.2 Å². The maximum Gasteiger partial charge on any atom is 0.266 e. The summed E-state index contributed by atoms with van der Waals surface area (Å²) in [4.78, 5) is 20.2. The van der Waals surface area contributed by atoms with E-state index in [9.17, 15) is 4.79 Å². The normalized spacial score (nSPS) is 16.0. The number of carbonyl (C=O) groups excluding carboxylic acids is 1. The Morgan fingerprint density at radius 1 is 0.972 bits per heavy atom. The summed E-state index contributed by atoms with van der Waals surface area (Å²) in [7, 11) is 0. The minimum absolute atomic E-state index is 0.118. The Kier molecular flexibility index (Phi) is 8.91. The number of ether oxygens (including phenoxy) is 1. The molecular weight excluding hydrogens is 558 g/mol. The van der Waals surface area contributed by atoms with Gasteiger partial charge >= 0.3 is 0 Å². The first-order valence-corrected chi connectivity index (χ1v) is 13.4. The van der Waals surface area contributed by atoms with Gasteiger partial charge in [-0.05, 0) is 71.8 Å². The van der Waals surface area contributed by atoms with Crippen LogP contribution in [-0.2, 0) is 11.4 Å². The predicted molar refractivity (Wildman–Crippen MR) is 153 cm³/mol. The highest BCUT2D eigenvalue weighted by Crippen LogP contribution is 2.39. The molecule has 0 atom stereocenters. The molecule has 1 fully saturated rings. The van der Waals surface area contributed by atoms with E-state index in [2.05, 4.69) is 18.8 Å². The number of aliphatic imine (C=N–C) groups is 1. The van der Waals surface area contributed by atoms with E-state index in [0.717, 1.165) is 11.3 Å². The number of benzene rings is 3. The maximum atomic E-state index is 13.3. The van der Waals surface area contributed by atoms with Crippen LogP contribution < -0.4 is 4.74 Å². The first kappa shape index (κ1) is 26.9. The molecule has 0 bridgehead atoms. The fraction of sp³-hybridized carbons (Fsp3) is 0.185. The standard InChI is InChI=1S/C27H22Cl4N2O2S/c1-16(2)14-33-26(34)24(36-27(33)32-20-9-7-19(28)8-10-20)13-17-11-22(30)25(23(31)12-17)35-15-18-5-3-4-6-21(18)29/h3-13,16H,14-15H2,1-2H3/b24-13-,32-27?. The van der Waals surface area contributed by atoms with Gasteiger partial charge in [-0.1, -0.05) is 78.5 Å². The summed E-state index contributed by atoms with van der Waals surface area (Å²) >= 11 is 26.5. The number of hydrogen-bond donors (Lipinski definition) is 0. The summed E-state index contributed by atoms with van der Waals surface area (Å²) in [6.45, 7) is 4.88. The number of thioether (sulfide) groups is 1. The summed E-state index contributed by atoms with van der Waals surface area (Å²) < 4.78 is 5.86. The Morgan fingerprint density at radius 3 is 2.28 bits per heavy atom. The molecule has 1 aliphatic heterocycles. The van der Waals surface area contributed by atoms with Gasteiger partial charge in [0.05, 0.1) is 20.6 Å². The molecule has 0 unspecified atom stereocenters. The molecule has 0 N–H and O–H groups in total. The monoisotopic (exact) mass is 578 g/mol. The van der Waals surface area contributed by atoms with Gasteiger partial charge in [0.15, 0.2) is 10.9 Å². The van der Waals surface area contributed by atoms with Crippen LogP contribution >= 0.6 is 58.2 Å². The van der Waals surface area contributed by atoms with Crippen LogP contribution in [0.5, 0.6) is 5.75 Å². The number of halogens is 4. The van der Waals surface area contributed by atoms with Gasteiger partial charge in [0.25, 0.3) is 5.91 Å². The fourth-order valence-corrected chi connectivity index (χ4v) is 5.40. The Morgan fingerprint density at radius 2 is 1.64 bits per heavy atom. The zero-order chi connectivity index (χ0) is 25.8. The molecule has 1 amide bonds. The second kappa shape index (κ2) is 11.9. The van der Waals surface area contributed by atoms with Crippen LogP contribution in [0.4, 0.5) is 5.69 Å². The molecule has 1 aliphatic rings. The molecule has 0 aliphatic carbocycles. The van der Waals surface area contributed by atoms with Crippen molar-refractivity contribution >= 4 is 81.0 Å². The van der Waals surface area contributed by atoms with E-state index in [0.29, 0.717) is 48.0 Å². The van der Waals surface area contributed by atoms with Crippen LogP contribution in [0.3, 0.4) is 0 Å². The summed E-state index contributed by atoms with van der Waals surface area (Å²) in [5.74, 6) is 0.507. The summed E-state index contributed by atoms with van der Waals surface area (Å²) in [5.41, 5.74) is 2.22. The Labute approximate surface area is 234 Å². The number of rotatable bonds is 7. The second-order valence-electron chi connectivity index (χ2n) is 8.48. The largest absolute Gasteiger partial charge is 0.486 e. The van der Waals surface area contributed by atoms with Gasteiger partial charge < -0.3 is 4.74 Å². The Hall–Kier alpha value is -2.15. The molecule has 1 saturated heterocycles. The molecule has 36 heavy (non-hydrogen) atoms. The van der Waals surface area contributed by atoms with Crippen molar-refractivity contribution in [1.82, 2.24) is 4.90 Å². The van der Waals surface area contributed by atoms with Crippen LogP contribution in [0, 0.1) is 5.92 Å². The second-order valence-corrected chi connectivity index (χ2v) is 11.2. The highest BCUT2D eigenvalue weighted by Gasteiger charge is 2.33. The minimum Gasteiger partial charge on any atom is -0.486 e. The van der Waals surface area contributed by atoms with Crippen molar-refractivity contribution in [2.45, 2.75) is 20.5 Å². The lowest BCUT2D eigenvalue weighted by molar-refractivity contribution is -0.122. The van der Waals surface area contributed by atoms with Gasteiger partial charge in [-0.3, -0.25) is 9.69 Å². The molecule has 0 saturated carbocycles. The fourth-order valence-electron chi connectivity index (χ4n) is 3.46. The zero-order valence-corrected chi connectivity index (χ0v) is 23.3. The number of hydrogen-bond acceptors (Lipinski definition) is 4. The Balaban J connectivity index is 1.59. The predicted octanol–water partition coefficient (Wildman–Crippen LogP) is 9.14. The van der Waals surface area contributed by atoms with E-state index < -0.39 is 0 Å². The lowest BCUT2D eigenvalue weighted by Gasteiger charge is -2.17. The van der Waals surface area contributed by atoms with E-state index in [-0.39, 0.29) is 18.4 Å². The number of carbonyl (C=O) groups is 1. The molecule has 4 rings (SSSR count). The molecule has 186 valence electrons. The third-order valence-electron chi connectivity index (χ3n) is 5.14. The van der Waals surface area contributed by atoms with Gasteiger partial charge in [0.2, 0.25) is 0 Å². The molecule has 9 heteroatoms. The number of amidine groups is 1. The molecule has 3 aromatic rings. The van der Waals surface area contributed by atoms with Crippen molar-refractivity contribution in [3.05, 3.63) is 96.8 Å². The van der Waals surface area contributed by atoms with E-state index in [1.165, 1.54) is 11.8 Å². The summed E-state index contributed by atoms with van der Waals surface area (Å²) in [5, 5.41) is 2.52. The molecule has 0 radical (unpaired) electrons. The molecule has 4 nitrogen and oxygen atoms in total. The van der Waals surface area contributed by atoms with Gasteiger partial charge in [-0.25, -0.2) is 4.99 Å². The van der Waals surface area contributed by atoms with E-state index in [4.69, 9.17) is 51.1 Å². The molecular formula is C27H22Cl4N2O2S. The molecule has 0 aromatic heterocycles. The van der Waals surface area contributed by atoms with Crippen LogP contribution in [0.1, 0.15) is 25.0 Å². The van der Waals surface area contributed by atoms with E-state index >= 15 is 0 Å². The summed E-state index contributed by atoms with van der Waals surface area (Å²) in [6, 6.07) is 18.0. The topological polar surface area (TPSA) is 41.9 Å². The van der Waals surface area contributed by atoms with Crippen LogP contribution in [0.15, 0.2) is 70.6 Å². The quantitative estimate of drug-likeness (QED) is 0.262. The zero-order valence-electron chi connectivity index (χ0n) is 19.5. The van der Waals surface area contributed by atoms with Crippen molar-refractivity contribution < 1.29 is 9.53 Å². The third-order valence-corrected chi connectivity index (χ3v) is 7.32. The van der Waals surface area contributed by atoms with Crippen LogP contribution in [0.2, 0.25) is 20.1 Å². The van der Waals surface area contributed by atoms with Crippen LogP contribution in [-0.4, -0.2) is 22.5 Å². The SMILES string of the molecule is CC(C)CN1C(=O)/C(=C/c2cc(Cl)c(OCc3ccccc3Cl)c(Cl)c2)SC1=Nc1ccc(Cl)cc1. The lowest BCUT2D eigenvalue weighted by atomic mass is 10.2. The highest BCUT2D eigenvalue weighted by molar-refractivity contribution is 8.18. The van der Waals surface area contributed by atoms with Crippen molar-refractivity contribution in [2.75, 3.05) is 6.54 Å². The minimum atomic E-state index is -0.118. The lowest BCUT2D eigenvalue weighted by Crippen LogP contribution is -2.32. The third kappa shape index (κ3) is 6.58. The van der Waals surface area contributed by atoms with Crippen molar-refractivity contribution in [3.8, 4) is 5.75 Å². The number of amides is 1. The molecule has 1 heterocycles. The maximum absolute atomic E-state index is 13.3. The van der Waals surface area contributed by atoms with E-state index in [1.54, 1.807) is 41.3 Å². The van der Waals surface area contributed by atoms with Crippen molar-refractivity contribution in [1.29, 1.82) is 0 Å². The molecule has 0 spiro atoms. The van der Waals surface area contributed by atoms with Crippen molar-refractivity contribution in [2.24, 2.45) is 10.9 Å². The first-order chi connectivity index (χ1) is 17.2. The smallest absolute Gasteiger partial charge is 0.266 e. The molecule has 3 aromatic carbocycles. The van der Waals surface area contributed by atoms with Gasteiger partial charge in [-0.15, -0.1) is 0 Å². The van der Waals surface area contributed by atoms with Gasteiger partial charge in [-0.2, -0.15) is 0 Å². The number of nitrogens with zero attached hydrogens (tertiary/aromatic N) is 2. The summed E-state index contributed by atoms with van der Waals surface area (Å²) in [6.07, 6.45) is 1.76. The average molecular weight is 580 g/mol. The Bertz CT molecular complexity index is 1320. The highest BCUT2D eigenvalue weighted by atomic mass is 35.5. The van der Waals surface area contributed by atoms with Crippen LogP contribution in [0.25, 0.3) is 6.08 Å². The van der Waals surface area contributed by atoms with E-state index in [1.807, 2.05) is 30.3 Å². The van der Waals surface area contributed by atoms with Gasteiger partial charge in [0.1, 0.15) is 6.61 Å². The van der Waals surface area contributed by atoms with Crippen molar-refractivity contribution in [3.63, 3.8) is 0 Å². The average Bonchev–Trinajstić information content (AvgIpc) is 3.09.